The van der Waals surface area contributed by atoms with Crippen molar-refractivity contribution >= 4 is 17.7 Å². The van der Waals surface area contributed by atoms with E-state index in [0.717, 1.165) is 28.4 Å². The molecule has 0 fully saturated rings. The van der Waals surface area contributed by atoms with Crippen molar-refractivity contribution in [1.82, 2.24) is 5.32 Å². The van der Waals surface area contributed by atoms with Gasteiger partial charge in [0.05, 0.1) is 25.5 Å². The first kappa shape index (κ1) is 21.2. The lowest BCUT2D eigenvalue weighted by Gasteiger charge is -2.23. The lowest BCUT2D eigenvalue weighted by atomic mass is 9.96. The van der Waals surface area contributed by atoms with Crippen LogP contribution in [0.1, 0.15) is 38.8 Å². The summed E-state index contributed by atoms with van der Waals surface area (Å²) in [6.45, 7) is 6.26. The van der Waals surface area contributed by atoms with Crippen molar-refractivity contribution in [3.63, 3.8) is 0 Å². The van der Waals surface area contributed by atoms with Crippen molar-refractivity contribution in [2.75, 3.05) is 14.2 Å². The van der Waals surface area contributed by atoms with Crippen LogP contribution in [0.2, 0.25) is 0 Å². The molecule has 0 radical (unpaired) electrons. The molecule has 2 unspecified atom stereocenters. The number of hydrogen-bond acceptors (Lipinski definition) is 4. The maximum Gasteiger partial charge on any atom is 0.233 e. The van der Waals surface area contributed by atoms with Crippen molar-refractivity contribution in [2.24, 2.45) is 5.92 Å². The first-order valence-corrected chi connectivity index (χ1v) is 10.1. The minimum Gasteiger partial charge on any atom is -0.497 e. The molecule has 0 saturated heterocycles. The minimum atomic E-state index is -0.189. The van der Waals surface area contributed by atoms with E-state index in [1.807, 2.05) is 55.5 Å². The molecule has 0 aliphatic rings. The standard InChI is InChI=1S/C22H29NO3S/c1-15(2)14-21(17-6-8-18(25-4)9-7-17)23-22(24)16(3)27-20-12-10-19(26-5)11-13-20/h6-13,15-16,21H,14H2,1-5H3,(H,23,24). The Morgan fingerprint density at radius 3 is 1.93 bits per heavy atom. The molecule has 0 heterocycles. The molecule has 1 amide bonds. The van der Waals surface area contributed by atoms with Gasteiger partial charge >= 0.3 is 0 Å². The average Bonchev–Trinajstić information content (AvgIpc) is 2.67. The van der Waals surface area contributed by atoms with Crippen LogP contribution in [0.5, 0.6) is 11.5 Å². The zero-order valence-electron chi connectivity index (χ0n) is 16.7. The van der Waals surface area contributed by atoms with Crippen LogP contribution in [-0.4, -0.2) is 25.4 Å². The number of carbonyl (C=O) groups excluding carboxylic acids is 1. The van der Waals surface area contributed by atoms with Crippen LogP contribution in [-0.2, 0) is 4.79 Å². The van der Waals surface area contributed by atoms with Crippen molar-refractivity contribution in [3.8, 4) is 11.5 Å². The number of ether oxygens (including phenoxy) is 2. The van der Waals surface area contributed by atoms with Gasteiger partial charge in [-0.05, 0) is 61.2 Å². The van der Waals surface area contributed by atoms with E-state index < -0.39 is 0 Å². The van der Waals surface area contributed by atoms with Gasteiger partial charge in [-0.25, -0.2) is 0 Å². The molecule has 27 heavy (non-hydrogen) atoms. The van der Waals surface area contributed by atoms with E-state index in [0.29, 0.717) is 5.92 Å². The van der Waals surface area contributed by atoms with Crippen molar-refractivity contribution in [2.45, 2.75) is 43.4 Å². The molecule has 0 aliphatic heterocycles. The Morgan fingerprint density at radius 2 is 1.44 bits per heavy atom. The van der Waals surface area contributed by atoms with Gasteiger partial charge in [-0.3, -0.25) is 4.79 Å². The molecule has 0 aliphatic carbocycles. The minimum absolute atomic E-state index is 0.0117. The summed E-state index contributed by atoms with van der Waals surface area (Å²) in [5.41, 5.74) is 1.10. The molecule has 0 spiro atoms. The molecule has 0 saturated carbocycles. The molecular formula is C22H29NO3S. The Bertz CT molecular complexity index is 713. The lowest BCUT2D eigenvalue weighted by molar-refractivity contribution is -0.121. The monoisotopic (exact) mass is 387 g/mol. The lowest BCUT2D eigenvalue weighted by Crippen LogP contribution is -2.35. The molecule has 5 heteroatoms. The molecule has 2 rings (SSSR count). The van der Waals surface area contributed by atoms with Crippen LogP contribution in [0, 0.1) is 5.92 Å². The second-order valence-electron chi connectivity index (χ2n) is 6.90. The Hall–Kier alpha value is -2.14. The topological polar surface area (TPSA) is 47.6 Å². The molecular weight excluding hydrogens is 358 g/mol. The van der Waals surface area contributed by atoms with Gasteiger partial charge in [0, 0.05) is 4.90 Å². The highest BCUT2D eigenvalue weighted by molar-refractivity contribution is 8.00. The summed E-state index contributed by atoms with van der Waals surface area (Å²) in [7, 11) is 3.30. The molecule has 1 N–H and O–H groups in total. The second-order valence-corrected chi connectivity index (χ2v) is 8.31. The number of amides is 1. The van der Waals surface area contributed by atoms with Gasteiger partial charge < -0.3 is 14.8 Å². The molecule has 2 aromatic rings. The average molecular weight is 388 g/mol. The third-order valence-corrected chi connectivity index (χ3v) is 5.40. The summed E-state index contributed by atoms with van der Waals surface area (Å²) in [5, 5.41) is 3.03. The number of rotatable bonds is 9. The zero-order chi connectivity index (χ0) is 19.8. The molecule has 0 bridgehead atoms. The van der Waals surface area contributed by atoms with Crippen molar-refractivity contribution in [3.05, 3.63) is 54.1 Å². The summed E-state index contributed by atoms with van der Waals surface area (Å²) in [5.74, 6) is 2.14. The van der Waals surface area contributed by atoms with Gasteiger partial charge in [-0.15, -0.1) is 11.8 Å². The van der Waals surface area contributed by atoms with Gasteiger partial charge in [-0.2, -0.15) is 0 Å². The number of methoxy groups -OCH3 is 2. The molecule has 2 aromatic carbocycles. The fraction of sp³-hybridized carbons (Fsp3) is 0.409. The molecule has 2 atom stereocenters. The van der Waals surface area contributed by atoms with E-state index >= 15 is 0 Å². The first-order valence-electron chi connectivity index (χ1n) is 9.18. The predicted octanol–water partition coefficient (Wildman–Crippen LogP) is 5.09. The van der Waals surface area contributed by atoms with Crippen LogP contribution in [0.3, 0.4) is 0 Å². The number of benzene rings is 2. The Balaban J connectivity index is 2.04. The summed E-state index contributed by atoms with van der Waals surface area (Å²) in [6, 6.07) is 15.7. The number of thioether (sulfide) groups is 1. The highest BCUT2D eigenvalue weighted by Crippen LogP contribution is 2.28. The number of nitrogens with one attached hydrogen (secondary N) is 1. The van der Waals surface area contributed by atoms with Crippen LogP contribution in [0.15, 0.2) is 53.4 Å². The Labute approximate surface area is 166 Å². The van der Waals surface area contributed by atoms with Crippen molar-refractivity contribution in [1.29, 1.82) is 0 Å². The van der Waals surface area contributed by atoms with E-state index in [2.05, 4.69) is 19.2 Å². The molecule has 0 aromatic heterocycles. The van der Waals surface area contributed by atoms with E-state index in [1.54, 1.807) is 26.0 Å². The summed E-state index contributed by atoms with van der Waals surface area (Å²) in [4.78, 5) is 13.8. The van der Waals surface area contributed by atoms with Gasteiger partial charge in [0.1, 0.15) is 11.5 Å². The number of carbonyl (C=O) groups is 1. The fourth-order valence-electron chi connectivity index (χ4n) is 2.79. The number of hydrogen-bond donors (Lipinski definition) is 1. The van der Waals surface area contributed by atoms with Crippen molar-refractivity contribution < 1.29 is 14.3 Å². The normalized spacial score (nSPS) is 13.1. The van der Waals surface area contributed by atoms with Gasteiger partial charge in [0.15, 0.2) is 0 Å². The Morgan fingerprint density at radius 1 is 0.926 bits per heavy atom. The highest BCUT2D eigenvalue weighted by Gasteiger charge is 2.21. The van der Waals surface area contributed by atoms with E-state index in [4.69, 9.17) is 9.47 Å². The fourth-order valence-corrected chi connectivity index (χ4v) is 3.66. The van der Waals surface area contributed by atoms with Crippen LogP contribution >= 0.6 is 11.8 Å². The summed E-state index contributed by atoms with van der Waals surface area (Å²) >= 11 is 1.55. The predicted molar refractivity (Wildman–Crippen MR) is 112 cm³/mol. The third kappa shape index (κ3) is 6.51. The van der Waals surface area contributed by atoms with Gasteiger partial charge in [0.25, 0.3) is 0 Å². The maximum atomic E-state index is 12.8. The highest BCUT2D eigenvalue weighted by atomic mass is 32.2. The molecule has 4 nitrogen and oxygen atoms in total. The zero-order valence-corrected chi connectivity index (χ0v) is 17.5. The largest absolute Gasteiger partial charge is 0.497 e. The Kier molecular flexibility index (Phi) is 8.04. The maximum absolute atomic E-state index is 12.8. The smallest absolute Gasteiger partial charge is 0.233 e. The summed E-state index contributed by atoms with van der Waals surface area (Å²) < 4.78 is 10.4. The third-order valence-electron chi connectivity index (χ3n) is 4.28. The van der Waals surface area contributed by atoms with Gasteiger partial charge in [-0.1, -0.05) is 26.0 Å². The van der Waals surface area contributed by atoms with Crippen LogP contribution in [0.4, 0.5) is 0 Å². The van der Waals surface area contributed by atoms with E-state index in [9.17, 15) is 4.79 Å². The SMILES string of the molecule is COc1ccc(SC(C)C(=O)NC(CC(C)C)c2ccc(OC)cc2)cc1. The second kappa shape index (κ2) is 10.3. The summed E-state index contributed by atoms with van der Waals surface area (Å²) in [6.07, 6.45) is 0.887. The van der Waals surface area contributed by atoms with Gasteiger partial charge in [0.2, 0.25) is 5.91 Å². The van der Waals surface area contributed by atoms with E-state index in [1.165, 1.54) is 0 Å². The van der Waals surface area contributed by atoms with Crippen LogP contribution < -0.4 is 14.8 Å². The molecule has 146 valence electrons. The first-order chi connectivity index (χ1) is 12.9. The van der Waals surface area contributed by atoms with Crippen LogP contribution in [0.25, 0.3) is 0 Å². The quantitative estimate of drug-likeness (QED) is 0.609. The van der Waals surface area contributed by atoms with E-state index in [-0.39, 0.29) is 17.2 Å².